The van der Waals surface area contributed by atoms with E-state index in [-0.39, 0.29) is 11.3 Å². The number of nitrogens with one attached hydrogen (secondary N) is 3. The smallest absolute Gasteiger partial charge is 0.255 e. The lowest BCUT2D eigenvalue weighted by Gasteiger charge is -2.12. The van der Waals surface area contributed by atoms with Crippen LogP contribution in [0.15, 0.2) is 97.5 Å². The SMILES string of the molecule is O=C(Nc1cccc(Nc2ccncc2)c1)c1ccc(Nc2ccnc3ccc(F)cc23)c(F)c1. The largest absolute Gasteiger partial charge is 0.355 e. The third kappa shape index (κ3) is 5.06. The zero-order valence-electron chi connectivity index (χ0n) is 18.3. The summed E-state index contributed by atoms with van der Waals surface area (Å²) >= 11 is 0. The number of pyridine rings is 2. The Morgan fingerprint density at radius 2 is 1.54 bits per heavy atom. The van der Waals surface area contributed by atoms with Crippen molar-refractivity contribution in [3.63, 3.8) is 0 Å². The second-order valence-electron chi connectivity index (χ2n) is 7.74. The second-order valence-corrected chi connectivity index (χ2v) is 7.74. The fourth-order valence-corrected chi connectivity index (χ4v) is 3.61. The number of carbonyl (C=O) groups excluding carboxylic acids is 1. The van der Waals surface area contributed by atoms with Gasteiger partial charge in [0.15, 0.2) is 0 Å². The lowest BCUT2D eigenvalue weighted by molar-refractivity contribution is 0.102. The van der Waals surface area contributed by atoms with Gasteiger partial charge in [-0.15, -0.1) is 0 Å². The van der Waals surface area contributed by atoms with Gasteiger partial charge in [-0.1, -0.05) is 6.07 Å². The van der Waals surface area contributed by atoms with Gasteiger partial charge in [-0.3, -0.25) is 14.8 Å². The Morgan fingerprint density at radius 3 is 2.37 bits per heavy atom. The van der Waals surface area contributed by atoms with Crippen LogP contribution in [-0.2, 0) is 0 Å². The van der Waals surface area contributed by atoms with E-state index in [1.807, 2.05) is 18.2 Å². The van der Waals surface area contributed by atoms with Crippen molar-refractivity contribution >= 4 is 45.2 Å². The first-order valence-corrected chi connectivity index (χ1v) is 10.7. The minimum absolute atomic E-state index is 0.154. The average molecular weight is 467 g/mol. The van der Waals surface area contributed by atoms with Gasteiger partial charge in [0.05, 0.1) is 11.2 Å². The molecule has 5 aromatic rings. The quantitative estimate of drug-likeness (QED) is 0.261. The first kappa shape index (κ1) is 22.0. The van der Waals surface area contributed by atoms with Gasteiger partial charge >= 0.3 is 0 Å². The Labute approximate surface area is 199 Å². The van der Waals surface area contributed by atoms with Crippen LogP contribution in [0, 0.1) is 11.6 Å². The molecule has 0 unspecified atom stereocenters. The van der Waals surface area contributed by atoms with Crippen molar-refractivity contribution in [2.75, 3.05) is 16.0 Å². The zero-order valence-corrected chi connectivity index (χ0v) is 18.3. The maximum Gasteiger partial charge on any atom is 0.255 e. The topological polar surface area (TPSA) is 78.9 Å². The van der Waals surface area contributed by atoms with Crippen LogP contribution in [0.3, 0.4) is 0 Å². The molecule has 3 N–H and O–H groups in total. The molecular weight excluding hydrogens is 448 g/mol. The van der Waals surface area contributed by atoms with E-state index in [0.29, 0.717) is 22.3 Å². The van der Waals surface area contributed by atoms with Crippen LogP contribution < -0.4 is 16.0 Å². The van der Waals surface area contributed by atoms with Crippen LogP contribution in [0.1, 0.15) is 10.4 Å². The minimum atomic E-state index is -0.618. The Kier molecular flexibility index (Phi) is 6.00. The van der Waals surface area contributed by atoms with Gasteiger partial charge in [-0.25, -0.2) is 8.78 Å². The van der Waals surface area contributed by atoms with Gasteiger partial charge < -0.3 is 16.0 Å². The first-order chi connectivity index (χ1) is 17.0. The number of hydrogen-bond donors (Lipinski definition) is 3. The Hall–Kier alpha value is -4.85. The summed E-state index contributed by atoms with van der Waals surface area (Å²) in [6.45, 7) is 0. The van der Waals surface area contributed by atoms with Gasteiger partial charge in [-0.05, 0) is 72.8 Å². The highest BCUT2D eigenvalue weighted by molar-refractivity contribution is 6.05. The monoisotopic (exact) mass is 467 g/mol. The van der Waals surface area contributed by atoms with E-state index in [4.69, 9.17) is 0 Å². The molecule has 6 nitrogen and oxygen atoms in total. The maximum atomic E-state index is 14.9. The molecule has 0 saturated heterocycles. The van der Waals surface area contributed by atoms with Crippen molar-refractivity contribution in [2.45, 2.75) is 0 Å². The molecule has 0 fully saturated rings. The van der Waals surface area contributed by atoms with Crippen LogP contribution >= 0.6 is 0 Å². The number of benzene rings is 3. The van der Waals surface area contributed by atoms with E-state index in [1.54, 1.807) is 48.9 Å². The number of aromatic nitrogens is 2. The molecule has 0 aliphatic rings. The molecule has 172 valence electrons. The Morgan fingerprint density at radius 1 is 0.714 bits per heavy atom. The van der Waals surface area contributed by atoms with Crippen molar-refractivity contribution in [2.24, 2.45) is 0 Å². The van der Waals surface area contributed by atoms with Crippen LogP contribution in [0.25, 0.3) is 10.9 Å². The van der Waals surface area contributed by atoms with E-state index in [0.717, 1.165) is 17.4 Å². The summed E-state index contributed by atoms with van der Waals surface area (Å²) in [6.07, 6.45) is 4.91. The van der Waals surface area contributed by atoms with Gasteiger partial charge in [0, 0.05) is 52.3 Å². The first-order valence-electron chi connectivity index (χ1n) is 10.7. The molecule has 2 aromatic heterocycles. The highest BCUT2D eigenvalue weighted by Gasteiger charge is 2.12. The predicted molar refractivity (Wildman–Crippen MR) is 133 cm³/mol. The Bertz CT molecular complexity index is 1530. The molecular formula is C27H19F2N5O. The summed E-state index contributed by atoms with van der Waals surface area (Å²) in [5.74, 6) is -1.49. The number of fused-ring (bicyclic) bond motifs is 1. The molecule has 0 spiro atoms. The predicted octanol–water partition coefficient (Wildman–Crippen LogP) is 6.65. The molecule has 3 aromatic carbocycles. The van der Waals surface area contributed by atoms with E-state index in [2.05, 4.69) is 25.9 Å². The van der Waals surface area contributed by atoms with Crippen molar-refractivity contribution in [3.05, 3.63) is 115 Å². The maximum absolute atomic E-state index is 14.9. The minimum Gasteiger partial charge on any atom is -0.355 e. The van der Waals surface area contributed by atoms with Crippen molar-refractivity contribution in [1.82, 2.24) is 9.97 Å². The van der Waals surface area contributed by atoms with Gasteiger partial charge in [-0.2, -0.15) is 0 Å². The van der Waals surface area contributed by atoms with Gasteiger partial charge in [0.1, 0.15) is 11.6 Å². The van der Waals surface area contributed by atoms with Crippen molar-refractivity contribution in [3.8, 4) is 0 Å². The fraction of sp³-hybridized carbons (Fsp3) is 0. The fourth-order valence-electron chi connectivity index (χ4n) is 3.61. The summed E-state index contributed by atoms with van der Waals surface area (Å²) in [5.41, 5.74) is 3.59. The summed E-state index contributed by atoms with van der Waals surface area (Å²) < 4.78 is 28.6. The standard InChI is InChI=1S/C27H19F2N5O/c28-18-5-7-24-22(15-18)25(10-13-31-24)34-26-6-4-17(14-23(26)29)27(35)33-21-3-1-2-20(16-21)32-19-8-11-30-12-9-19/h1-16H,(H,30,32)(H,31,34)(H,33,35). The molecule has 35 heavy (non-hydrogen) atoms. The number of halogens is 2. The number of nitrogens with zero attached hydrogens (tertiary/aromatic N) is 2. The highest BCUT2D eigenvalue weighted by Crippen LogP contribution is 2.28. The molecule has 5 rings (SSSR count). The summed E-state index contributed by atoms with van der Waals surface area (Å²) in [7, 11) is 0. The molecule has 0 aliphatic carbocycles. The van der Waals surface area contributed by atoms with Crippen LogP contribution in [0.2, 0.25) is 0 Å². The van der Waals surface area contributed by atoms with Crippen LogP contribution in [0.4, 0.5) is 37.2 Å². The molecule has 0 aliphatic heterocycles. The molecule has 1 amide bonds. The summed E-state index contributed by atoms with van der Waals surface area (Å²) in [6, 6.07) is 20.8. The third-order valence-electron chi connectivity index (χ3n) is 5.29. The lowest BCUT2D eigenvalue weighted by atomic mass is 10.1. The molecule has 8 heteroatoms. The number of carbonyl (C=O) groups is 1. The average Bonchev–Trinajstić information content (AvgIpc) is 2.86. The number of anilines is 5. The number of rotatable bonds is 6. The summed E-state index contributed by atoms with van der Waals surface area (Å²) in [5, 5.41) is 9.49. The normalized spacial score (nSPS) is 10.7. The van der Waals surface area contributed by atoms with E-state index >= 15 is 0 Å². The van der Waals surface area contributed by atoms with E-state index in [1.165, 1.54) is 24.3 Å². The molecule has 0 bridgehead atoms. The van der Waals surface area contributed by atoms with Crippen molar-refractivity contribution in [1.29, 1.82) is 0 Å². The number of amides is 1. The molecule has 0 saturated carbocycles. The van der Waals surface area contributed by atoms with Gasteiger partial charge in [0.25, 0.3) is 5.91 Å². The van der Waals surface area contributed by atoms with Crippen LogP contribution in [0.5, 0.6) is 0 Å². The molecule has 0 atom stereocenters. The van der Waals surface area contributed by atoms with Crippen molar-refractivity contribution < 1.29 is 13.6 Å². The van der Waals surface area contributed by atoms with Gasteiger partial charge in [0.2, 0.25) is 0 Å². The third-order valence-corrected chi connectivity index (χ3v) is 5.29. The van der Waals surface area contributed by atoms with E-state index in [9.17, 15) is 13.6 Å². The second kappa shape index (κ2) is 9.56. The Balaban J connectivity index is 1.31. The lowest BCUT2D eigenvalue weighted by Crippen LogP contribution is -2.12. The highest BCUT2D eigenvalue weighted by atomic mass is 19.1. The van der Waals surface area contributed by atoms with Crippen LogP contribution in [-0.4, -0.2) is 15.9 Å². The zero-order chi connectivity index (χ0) is 24.2. The number of hydrogen-bond acceptors (Lipinski definition) is 5. The summed E-state index contributed by atoms with van der Waals surface area (Å²) in [4.78, 5) is 20.9. The molecule has 2 heterocycles. The molecule has 0 radical (unpaired) electrons. The van der Waals surface area contributed by atoms with E-state index < -0.39 is 17.5 Å².